The monoisotopic (exact) mass is 382 g/mol. The Kier molecular flexibility index (Phi) is 4.92. The van der Waals surface area contributed by atoms with Crippen LogP contribution in [0.25, 0.3) is 0 Å². The van der Waals surface area contributed by atoms with E-state index in [1.54, 1.807) is 6.92 Å². The highest BCUT2D eigenvalue weighted by molar-refractivity contribution is 6.09. The molecular formula is C21H26N4O3. The number of amides is 4. The van der Waals surface area contributed by atoms with Gasteiger partial charge in [0.25, 0.3) is 5.91 Å². The first kappa shape index (κ1) is 19.9. The van der Waals surface area contributed by atoms with Gasteiger partial charge in [0, 0.05) is 0 Å². The van der Waals surface area contributed by atoms with Crippen LogP contribution >= 0.6 is 0 Å². The van der Waals surface area contributed by atoms with Gasteiger partial charge in [-0.1, -0.05) is 45.0 Å². The van der Waals surface area contributed by atoms with E-state index in [9.17, 15) is 19.6 Å². The summed E-state index contributed by atoms with van der Waals surface area (Å²) < 4.78 is 0. The average Bonchev–Trinajstić information content (AvgIpc) is 3.45. The third kappa shape index (κ3) is 3.72. The average molecular weight is 382 g/mol. The Bertz CT molecular complexity index is 846. The molecule has 0 unspecified atom stereocenters. The van der Waals surface area contributed by atoms with E-state index in [1.165, 1.54) is 0 Å². The van der Waals surface area contributed by atoms with Crippen LogP contribution in [0.3, 0.4) is 0 Å². The van der Waals surface area contributed by atoms with Crippen LogP contribution in [0.4, 0.5) is 4.79 Å². The Balaban J connectivity index is 1.65. The van der Waals surface area contributed by atoms with Crippen molar-refractivity contribution in [3.05, 3.63) is 35.4 Å². The summed E-state index contributed by atoms with van der Waals surface area (Å²) in [5.74, 6) is -0.793. The SMILES string of the molecule is CC(C)(C)c1ccc([C@@H](C#N)NC(=O)CN2C(=O)N[C@@](C)(C3CC3)C2=O)cc1. The molecule has 0 aromatic heterocycles. The standard InChI is InChI=1S/C21H26N4O3/c1-20(2,3)14-7-5-13(6-8-14)16(11-22)23-17(26)12-25-18(27)21(4,15-9-10-15)24-19(25)28/h5-8,15-16H,9-10,12H2,1-4H3,(H,23,26)(H,24,28)/t16-,21+/m1/s1. The van der Waals surface area contributed by atoms with Crippen LogP contribution in [0, 0.1) is 17.2 Å². The van der Waals surface area contributed by atoms with E-state index in [0.29, 0.717) is 5.56 Å². The molecule has 0 bridgehead atoms. The smallest absolute Gasteiger partial charge is 0.325 e. The fourth-order valence-electron chi connectivity index (χ4n) is 3.51. The third-order valence-electron chi connectivity index (χ3n) is 5.54. The summed E-state index contributed by atoms with van der Waals surface area (Å²) in [7, 11) is 0. The van der Waals surface area contributed by atoms with Gasteiger partial charge in [0.1, 0.15) is 18.1 Å². The van der Waals surface area contributed by atoms with Gasteiger partial charge in [-0.15, -0.1) is 0 Å². The van der Waals surface area contributed by atoms with Gasteiger partial charge in [-0.25, -0.2) is 4.79 Å². The second-order valence-electron chi connectivity index (χ2n) is 8.80. The number of rotatable bonds is 5. The van der Waals surface area contributed by atoms with Crippen LogP contribution in [-0.4, -0.2) is 34.8 Å². The van der Waals surface area contributed by atoms with Crippen molar-refractivity contribution in [3.8, 4) is 6.07 Å². The molecule has 148 valence electrons. The van der Waals surface area contributed by atoms with Gasteiger partial charge < -0.3 is 10.6 Å². The lowest BCUT2D eigenvalue weighted by Crippen LogP contribution is -2.47. The summed E-state index contributed by atoms with van der Waals surface area (Å²) in [6.45, 7) is 7.60. The first-order valence-corrected chi connectivity index (χ1v) is 9.50. The number of carbonyl (C=O) groups excluding carboxylic acids is 3. The van der Waals surface area contributed by atoms with Crippen LogP contribution in [-0.2, 0) is 15.0 Å². The molecule has 7 nitrogen and oxygen atoms in total. The topological polar surface area (TPSA) is 102 Å². The maximum atomic E-state index is 12.6. The summed E-state index contributed by atoms with van der Waals surface area (Å²) in [6, 6.07) is 8.15. The molecule has 2 atom stereocenters. The van der Waals surface area contributed by atoms with Crippen molar-refractivity contribution in [2.45, 2.75) is 57.5 Å². The van der Waals surface area contributed by atoms with E-state index in [4.69, 9.17) is 0 Å². The molecule has 3 rings (SSSR count). The van der Waals surface area contributed by atoms with Gasteiger partial charge in [0.2, 0.25) is 5.91 Å². The quantitative estimate of drug-likeness (QED) is 0.763. The minimum atomic E-state index is -0.922. The number of imide groups is 1. The summed E-state index contributed by atoms with van der Waals surface area (Å²) >= 11 is 0. The predicted molar refractivity (Wildman–Crippen MR) is 103 cm³/mol. The Labute approximate surface area is 165 Å². The number of hydrogen-bond acceptors (Lipinski definition) is 4. The minimum absolute atomic E-state index is 0.0123. The summed E-state index contributed by atoms with van der Waals surface area (Å²) in [4.78, 5) is 38.1. The van der Waals surface area contributed by atoms with Crippen LogP contribution in [0.2, 0.25) is 0 Å². The zero-order chi connectivity index (χ0) is 20.7. The fraction of sp³-hybridized carbons (Fsp3) is 0.524. The molecular weight excluding hydrogens is 356 g/mol. The summed E-state index contributed by atoms with van der Waals surface area (Å²) in [5, 5.41) is 14.8. The number of carbonyl (C=O) groups is 3. The molecule has 1 aliphatic carbocycles. The lowest BCUT2D eigenvalue weighted by molar-refractivity contribution is -0.135. The first-order valence-electron chi connectivity index (χ1n) is 9.50. The maximum Gasteiger partial charge on any atom is 0.325 e. The normalized spacial score (nSPS) is 23.2. The predicted octanol–water partition coefficient (Wildman–Crippen LogP) is 2.39. The minimum Gasteiger partial charge on any atom is -0.335 e. The number of nitriles is 1. The van der Waals surface area contributed by atoms with Crippen LogP contribution < -0.4 is 10.6 Å². The van der Waals surface area contributed by atoms with Crippen molar-refractivity contribution in [1.82, 2.24) is 15.5 Å². The number of urea groups is 1. The largest absolute Gasteiger partial charge is 0.335 e. The van der Waals surface area contributed by atoms with Gasteiger partial charge in [-0.2, -0.15) is 5.26 Å². The number of nitrogens with one attached hydrogen (secondary N) is 2. The number of benzene rings is 1. The molecule has 2 N–H and O–H groups in total. The highest BCUT2D eigenvalue weighted by Crippen LogP contribution is 2.42. The fourth-order valence-corrected chi connectivity index (χ4v) is 3.51. The van der Waals surface area contributed by atoms with E-state index < -0.39 is 30.1 Å². The Morgan fingerprint density at radius 1 is 1.32 bits per heavy atom. The molecule has 1 aromatic rings. The van der Waals surface area contributed by atoms with Crippen LogP contribution in [0.5, 0.6) is 0 Å². The maximum absolute atomic E-state index is 12.6. The van der Waals surface area contributed by atoms with Gasteiger partial charge in [-0.05, 0) is 42.2 Å². The molecule has 1 heterocycles. The van der Waals surface area contributed by atoms with Crippen molar-refractivity contribution in [1.29, 1.82) is 5.26 Å². The molecule has 7 heteroatoms. The van der Waals surface area contributed by atoms with Crippen molar-refractivity contribution >= 4 is 17.8 Å². The van der Waals surface area contributed by atoms with Gasteiger partial charge in [0.15, 0.2) is 0 Å². The summed E-state index contributed by atoms with van der Waals surface area (Å²) in [5.41, 5.74) is 0.845. The Morgan fingerprint density at radius 3 is 2.43 bits per heavy atom. The van der Waals surface area contributed by atoms with Crippen molar-refractivity contribution in [2.24, 2.45) is 5.92 Å². The molecule has 1 aliphatic heterocycles. The molecule has 4 amide bonds. The molecule has 1 aromatic carbocycles. The van der Waals surface area contributed by atoms with E-state index >= 15 is 0 Å². The van der Waals surface area contributed by atoms with Crippen molar-refractivity contribution < 1.29 is 14.4 Å². The molecule has 28 heavy (non-hydrogen) atoms. The van der Waals surface area contributed by atoms with E-state index in [2.05, 4.69) is 37.5 Å². The van der Waals surface area contributed by atoms with Gasteiger partial charge in [-0.3, -0.25) is 14.5 Å². The van der Waals surface area contributed by atoms with E-state index in [0.717, 1.165) is 23.3 Å². The highest BCUT2D eigenvalue weighted by atomic mass is 16.2. The Morgan fingerprint density at radius 2 is 1.93 bits per heavy atom. The second-order valence-corrected chi connectivity index (χ2v) is 8.80. The molecule has 1 saturated carbocycles. The molecule has 2 aliphatic rings. The van der Waals surface area contributed by atoms with Crippen LogP contribution in [0.1, 0.15) is 57.7 Å². The summed E-state index contributed by atoms with van der Waals surface area (Å²) in [6.07, 6.45) is 1.78. The lowest BCUT2D eigenvalue weighted by atomic mass is 9.86. The lowest BCUT2D eigenvalue weighted by Gasteiger charge is -2.21. The van der Waals surface area contributed by atoms with Gasteiger partial charge in [0.05, 0.1) is 6.07 Å². The second kappa shape index (κ2) is 6.93. The molecule has 1 saturated heterocycles. The zero-order valence-corrected chi connectivity index (χ0v) is 16.7. The molecule has 0 radical (unpaired) electrons. The molecule has 2 fully saturated rings. The Hall–Kier alpha value is -2.88. The van der Waals surface area contributed by atoms with E-state index in [1.807, 2.05) is 24.3 Å². The zero-order valence-electron chi connectivity index (χ0n) is 16.7. The molecule has 0 spiro atoms. The van der Waals surface area contributed by atoms with Crippen molar-refractivity contribution in [2.75, 3.05) is 6.54 Å². The van der Waals surface area contributed by atoms with Crippen molar-refractivity contribution in [3.63, 3.8) is 0 Å². The van der Waals surface area contributed by atoms with Gasteiger partial charge >= 0.3 is 6.03 Å². The third-order valence-corrected chi connectivity index (χ3v) is 5.54. The number of hydrogen-bond donors (Lipinski definition) is 2. The highest BCUT2D eigenvalue weighted by Gasteiger charge is 2.56. The van der Waals surface area contributed by atoms with Crippen LogP contribution in [0.15, 0.2) is 24.3 Å². The number of nitrogens with zero attached hydrogens (tertiary/aromatic N) is 2. The van der Waals surface area contributed by atoms with E-state index in [-0.39, 0.29) is 17.2 Å². The first-order chi connectivity index (χ1) is 13.1.